The molecule has 1 aliphatic heterocycles. The number of benzene rings is 2. The average molecular weight is 439 g/mol. The molecule has 0 spiro atoms. The molecule has 4 rings (SSSR count). The van der Waals surface area contributed by atoms with E-state index in [2.05, 4.69) is 39.1 Å². The third kappa shape index (κ3) is 4.42. The number of H-pyrrole nitrogens is 1. The lowest BCUT2D eigenvalue weighted by molar-refractivity contribution is 0.175. The number of aromatic amines is 1. The van der Waals surface area contributed by atoms with E-state index in [9.17, 15) is 9.90 Å². The van der Waals surface area contributed by atoms with Gasteiger partial charge in [0.1, 0.15) is 0 Å². The molecule has 1 aromatic heterocycles. The number of hydrogen-bond donors (Lipinski definition) is 2. The first-order chi connectivity index (χ1) is 15.4. The van der Waals surface area contributed by atoms with Gasteiger partial charge in [0.25, 0.3) is 5.56 Å². The van der Waals surface area contributed by atoms with E-state index in [1.165, 1.54) is 5.56 Å². The van der Waals surface area contributed by atoms with Gasteiger partial charge >= 0.3 is 0 Å². The van der Waals surface area contributed by atoms with Crippen LogP contribution >= 0.6 is 0 Å². The van der Waals surface area contributed by atoms with Crippen molar-refractivity contribution in [2.45, 2.75) is 32.5 Å². The normalized spacial score (nSPS) is 16.5. The molecule has 2 N–H and O–H groups in total. The number of rotatable bonds is 7. The third-order valence-corrected chi connectivity index (χ3v) is 6.03. The molecular weight excluding hydrogens is 408 g/mol. The van der Waals surface area contributed by atoms with Crippen LogP contribution in [0, 0.1) is 6.92 Å². The third-order valence-electron chi connectivity index (χ3n) is 6.03. The molecule has 0 aliphatic carbocycles. The number of nitrogens with one attached hydrogen (secondary N) is 1. The molecule has 2 aromatic carbocycles. The van der Waals surface area contributed by atoms with Gasteiger partial charge in [0, 0.05) is 44.9 Å². The van der Waals surface area contributed by atoms with Gasteiger partial charge in [-0.3, -0.25) is 9.69 Å². The van der Waals surface area contributed by atoms with Crippen LogP contribution in [0.3, 0.4) is 0 Å². The maximum atomic E-state index is 12.8. The summed E-state index contributed by atoms with van der Waals surface area (Å²) in [5.74, 6) is 1.59. The highest BCUT2D eigenvalue weighted by Crippen LogP contribution is 2.35. The number of aromatic nitrogens is 2. The number of β-amino-alcohol motifs (C(OH)–C–C–N with tert-alkyl or cyclic N) is 1. The Bertz CT molecular complexity index is 1160. The largest absolute Gasteiger partial charge is 0.493 e. The first kappa shape index (κ1) is 22.1. The molecule has 8 nitrogen and oxygen atoms in total. The predicted molar refractivity (Wildman–Crippen MR) is 125 cm³/mol. The maximum Gasteiger partial charge on any atom is 0.282 e. The second-order valence-corrected chi connectivity index (χ2v) is 8.38. The lowest BCUT2D eigenvalue weighted by atomic mass is 10.1. The van der Waals surface area contributed by atoms with E-state index in [0.717, 1.165) is 31.6 Å². The van der Waals surface area contributed by atoms with Gasteiger partial charge in [-0.2, -0.15) is 4.98 Å². The highest BCUT2D eigenvalue weighted by molar-refractivity contribution is 5.86. The molecule has 1 unspecified atom stereocenters. The monoisotopic (exact) mass is 438 g/mol. The minimum Gasteiger partial charge on any atom is -0.493 e. The van der Waals surface area contributed by atoms with Gasteiger partial charge in [0.2, 0.25) is 5.95 Å². The number of ether oxygens (including phenoxy) is 2. The number of aliphatic hydroxyl groups excluding tert-OH is 1. The van der Waals surface area contributed by atoms with Crippen LogP contribution in [0.5, 0.6) is 11.5 Å². The van der Waals surface area contributed by atoms with Crippen LogP contribution in [0.1, 0.15) is 23.1 Å². The summed E-state index contributed by atoms with van der Waals surface area (Å²) in [6.07, 6.45) is 0.641. The van der Waals surface area contributed by atoms with Crippen molar-refractivity contribution < 1.29 is 14.6 Å². The summed E-state index contributed by atoms with van der Waals surface area (Å²) in [4.78, 5) is 24.5. The van der Waals surface area contributed by atoms with Gasteiger partial charge in [0.05, 0.1) is 31.2 Å². The van der Waals surface area contributed by atoms with E-state index >= 15 is 0 Å². The molecule has 3 aromatic rings. The number of fused-ring (bicyclic) bond motifs is 1. The number of methoxy groups -OCH3 is 2. The number of nitrogens with zero attached hydrogens (tertiary/aromatic N) is 3. The molecule has 8 heteroatoms. The molecular formula is C24H30N4O4. The summed E-state index contributed by atoms with van der Waals surface area (Å²) in [5.41, 5.74) is 3.39. The van der Waals surface area contributed by atoms with E-state index in [1.807, 2.05) is 18.9 Å². The summed E-state index contributed by atoms with van der Waals surface area (Å²) < 4.78 is 10.8. The first-order valence-corrected chi connectivity index (χ1v) is 10.7. The fourth-order valence-electron chi connectivity index (χ4n) is 4.34. The fraction of sp³-hybridized carbons (Fsp3) is 0.417. The zero-order valence-corrected chi connectivity index (χ0v) is 19.0. The zero-order chi connectivity index (χ0) is 22.8. The van der Waals surface area contributed by atoms with Crippen molar-refractivity contribution in [2.75, 3.05) is 39.3 Å². The molecule has 170 valence electrons. The average Bonchev–Trinajstić information content (AvgIpc) is 3.18. The highest BCUT2D eigenvalue weighted by atomic mass is 16.5. The Hall–Kier alpha value is -3.10. The Morgan fingerprint density at radius 3 is 2.56 bits per heavy atom. The second-order valence-electron chi connectivity index (χ2n) is 8.38. The Kier molecular flexibility index (Phi) is 6.34. The van der Waals surface area contributed by atoms with Gasteiger partial charge < -0.3 is 24.5 Å². The molecule has 0 saturated carbocycles. The van der Waals surface area contributed by atoms with Gasteiger partial charge in [-0.1, -0.05) is 24.3 Å². The van der Waals surface area contributed by atoms with Crippen molar-refractivity contribution >= 4 is 16.9 Å². The second kappa shape index (κ2) is 9.18. The Morgan fingerprint density at radius 1 is 1.22 bits per heavy atom. The van der Waals surface area contributed by atoms with E-state index in [0.29, 0.717) is 40.5 Å². The molecule has 0 radical (unpaired) electrons. The van der Waals surface area contributed by atoms with E-state index < -0.39 is 0 Å². The van der Waals surface area contributed by atoms with E-state index in [4.69, 9.17) is 9.47 Å². The van der Waals surface area contributed by atoms with Crippen LogP contribution in [0.2, 0.25) is 0 Å². The highest BCUT2D eigenvalue weighted by Gasteiger charge is 2.20. The van der Waals surface area contributed by atoms with Crippen molar-refractivity contribution in [3.05, 3.63) is 57.4 Å². The van der Waals surface area contributed by atoms with Gasteiger partial charge in [-0.05, 0) is 24.5 Å². The summed E-state index contributed by atoms with van der Waals surface area (Å²) in [7, 11) is 5.03. The molecule has 2 heterocycles. The Balaban J connectivity index is 1.53. The fourth-order valence-corrected chi connectivity index (χ4v) is 4.34. The number of anilines is 1. The molecule has 1 atom stereocenters. The van der Waals surface area contributed by atoms with Gasteiger partial charge in [-0.15, -0.1) is 0 Å². The summed E-state index contributed by atoms with van der Waals surface area (Å²) in [5, 5.41) is 10.2. The first-order valence-electron chi connectivity index (χ1n) is 10.7. The molecule has 1 fully saturated rings. The van der Waals surface area contributed by atoms with Crippen molar-refractivity contribution in [1.29, 1.82) is 0 Å². The summed E-state index contributed by atoms with van der Waals surface area (Å²) >= 11 is 0. The van der Waals surface area contributed by atoms with E-state index in [-0.39, 0.29) is 11.7 Å². The number of aryl methyl sites for hydroxylation is 1. The van der Waals surface area contributed by atoms with Crippen LogP contribution in [0.25, 0.3) is 10.9 Å². The van der Waals surface area contributed by atoms with Gasteiger partial charge in [-0.25, -0.2) is 0 Å². The van der Waals surface area contributed by atoms with Crippen LogP contribution in [-0.2, 0) is 13.1 Å². The van der Waals surface area contributed by atoms with Crippen molar-refractivity contribution in [1.82, 2.24) is 14.9 Å². The minimum atomic E-state index is -0.304. The molecule has 0 bridgehead atoms. The lowest BCUT2D eigenvalue weighted by Crippen LogP contribution is -2.23. The smallest absolute Gasteiger partial charge is 0.282 e. The molecule has 1 saturated heterocycles. The van der Waals surface area contributed by atoms with Crippen molar-refractivity contribution in [2.24, 2.45) is 0 Å². The van der Waals surface area contributed by atoms with Crippen LogP contribution in [-0.4, -0.2) is 60.4 Å². The van der Waals surface area contributed by atoms with Crippen LogP contribution in [0.15, 0.2) is 35.1 Å². The van der Waals surface area contributed by atoms with Crippen LogP contribution in [0.4, 0.5) is 5.95 Å². The van der Waals surface area contributed by atoms with Crippen LogP contribution < -0.4 is 19.9 Å². The van der Waals surface area contributed by atoms with Crippen molar-refractivity contribution in [3.8, 4) is 11.5 Å². The Labute approximate surface area is 187 Å². The topological polar surface area (TPSA) is 90.9 Å². The standard InChI is InChI=1S/C24H30N4O4/c1-15-21-19(11-20(31-3)22(15)32-4)25-24(26-23(21)30)27(2)12-16-5-7-17(8-6-16)13-28-10-9-18(29)14-28/h5-8,11,18,29H,9-10,12-14H2,1-4H3,(H,25,26,30). The molecule has 0 amide bonds. The molecule has 32 heavy (non-hydrogen) atoms. The summed E-state index contributed by atoms with van der Waals surface area (Å²) in [6.45, 7) is 4.94. The zero-order valence-electron chi connectivity index (χ0n) is 19.0. The maximum absolute atomic E-state index is 12.8. The van der Waals surface area contributed by atoms with E-state index in [1.54, 1.807) is 20.3 Å². The van der Waals surface area contributed by atoms with Gasteiger partial charge in [0.15, 0.2) is 11.5 Å². The lowest BCUT2D eigenvalue weighted by Gasteiger charge is -2.20. The number of aliphatic hydroxyl groups is 1. The minimum absolute atomic E-state index is 0.204. The molecule has 1 aliphatic rings. The van der Waals surface area contributed by atoms with Crippen molar-refractivity contribution in [3.63, 3.8) is 0 Å². The SMILES string of the molecule is COc1cc2[nH]c(N(C)Cc3ccc(CN4CCC(O)C4)cc3)nc(=O)c2c(C)c1OC. The summed E-state index contributed by atoms with van der Waals surface area (Å²) in [6, 6.07) is 10.2. The predicted octanol–water partition coefficient (Wildman–Crippen LogP) is 2.45. The number of likely N-dealkylation sites (tertiary alicyclic amines) is 1. The Morgan fingerprint density at radius 2 is 1.94 bits per heavy atom. The number of hydrogen-bond acceptors (Lipinski definition) is 7. The quantitative estimate of drug-likeness (QED) is 0.586.